The zero-order chi connectivity index (χ0) is 22.5. The molecule has 0 radical (unpaired) electrons. The average molecular weight is 434 g/mol. The lowest BCUT2D eigenvalue weighted by molar-refractivity contribution is -0.146. The van der Waals surface area contributed by atoms with Crippen LogP contribution in [0.2, 0.25) is 0 Å². The van der Waals surface area contributed by atoms with Gasteiger partial charge in [-0.3, -0.25) is 4.79 Å². The number of nitrogens with zero attached hydrogens (tertiary/aromatic N) is 2. The third kappa shape index (κ3) is 5.14. The minimum absolute atomic E-state index is 0.0399. The monoisotopic (exact) mass is 434 g/mol. The molecule has 0 aliphatic heterocycles. The zero-order valence-corrected chi connectivity index (χ0v) is 18.1. The van der Waals surface area contributed by atoms with Crippen molar-refractivity contribution in [3.05, 3.63) is 60.0 Å². The Morgan fingerprint density at radius 3 is 2.12 bits per heavy atom. The van der Waals surface area contributed by atoms with Crippen molar-refractivity contribution in [2.45, 2.75) is 38.5 Å². The van der Waals surface area contributed by atoms with Gasteiger partial charge in [-0.1, -0.05) is 22.9 Å². The first-order valence-electron chi connectivity index (χ1n) is 10.7. The summed E-state index contributed by atoms with van der Waals surface area (Å²) in [5.41, 5.74) is 3.31. The van der Waals surface area contributed by atoms with E-state index in [1.807, 2.05) is 43.3 Å². The second-order valence-electron chi connectivity index (χ2n) is 8.05. The Hall–Kier alpha value is -3.68. The van der Waals surface area contributed by atoms with E-state index in [4.69, 9.17) is 9.26 Å². The molecule has 3 aromatic rings. The van der Waals surface area contributed by atoms with Crippen LogP contribution in [0.15, 0.2) is 53.1 Å². The van der Waals surface area contributed by atoms with Crippen LogP contribution in [0.1, 0.15) is 43.1 Å². The molecular weight excluding hydrogens is 408 g/mol. The molecular formula is C24H26N4O4. The van der Waals surface area contributed by atoms with E-state index in [0.29, 0.717) is 17.4 Å². The van der Waals surface area contributed by atoms with Crippen LogP contribution >= 0.6 is 0 Å². The molecule has 1 aliphatic rings. The molecule has 1 heterocycles. The molecule has 8 nitrogen and oxygen atoms in total. The topological polar surface area (TPSA) is 106 Å². The fourth-order valence-electron chi connectivity index (χ4n) is 3.89. The summed E-state index contributed by atoms with van der Waals surface area (Å²) in [6, 6.07) is 14.5. The summed E-state index contributed by atoms with van der Waals surface area (Å²) < 4.78 is 10.3. The van der Waals surface area contributed by atoms with Gasteiger partial charge in [-0.15, -0.1) is 0 Å². The molecule has 1 saturated carbocycles. The van der Waals surface area contributed by atoms with Crippen LogP contribution in [-0.4, -0.2) is 29.3 Å². The smallest absolute Gasteiger partial charge is 0.323 e. The minimum atomic E-state index is -0.314. The number of ether oxygens (including phenoxy) is 1. The van der Waals surface area contributed by atoms with E-state index in [1.165, 1.54) is 7.11 Å². The first-order chi connectivity index (χ1) is 15.5. The van der Waals surface area contributed by atoms with Crippen molar-refractivity contribution in [2.24, 2.45) is 5.92 Å². The van der Waals surface area contributed by atoms with Crippen molar-refractivity contribution < 1.29 is 18.8 Å². The number of urea groups is 1. The quantitative estimate of drug-likeness (QED) is 0.539. The highest BCUT2D eigenvalue weighted by Gasteiger charge is 2.30. The SMILES string of the molecule is COC(=O)C1CCC(c2nc(-c3ccc(NC(=O)Nc4ccc(C)cc4)cc3)no2)CC1. The molecule has 4 rings (SSSR count). The summed E-state index contributed by atoms with van der Waals surface area (Å²) in [5, 5.41) is 9.71. The lowest BCUT2D eigenvalue weighted by atomic mass is 9.82. The molecule has 1 fully saturated rings. The number of rotatable bonds is 5. The van der Waals surface area contributed by atoms with Gasteiger partial charge in [0, 0.05) is 22.9 Å². The number of carbonyl (C=O) groups is 2. The number of amides is 2. The maximum atomic E-state index is 12.2. The number of esters is 1. The van der Waals surface area contributed by atoms with Crippen LogP contribution in [0.5, 0.6) is 0 Å². The molecule has 1 aromatic heterocycles. The number of benzene rings is 2. The number of carbonyl (C=O) groups excluding carboxylic acids is 2. The van der Waals surface area contributed by atoms with E-state index in [-0.39, 0.29) is 23.8 Å². The zero-order valence-electron chi connectivity index (χ0n) is 18.1. The van der Waals surface area contributed by atoms with E-state index in [2.05, 4.69) is 20.8 Å². The molecule has 32 heavy (non-hydrogen) atoms. The number of methoxy groups -OCH3 is 1. The lowest BCUT2D eigenvalue weighted by Crippen LogP contribution is -2.22. The third-order valence-corrected chi connectivity index (χ3v) is 5.76. The molecule has 2 N–H and O–H groups in total. The number of anilines is 2. The van der Waals surface area contributed by atoms with Gasteiger partial charge in [0.1, 0.15) is 0 Å². The second-order valence-corrected chi connectivity index (χ2v) is 8.05. The Morgan fingerprint density at radius 2 is 1.53 bits per heavy atom. The highest BCUT2D eigenvalue weighted by atomic mass is 16.5. The Kier molecular flexibility index (Phi) is 6.49. The molecule has 0 bridgehead atoms. The summed E-state index contributed by atoms with van der Waals surface area (Å²) in [6.45, 7) is 1.99. The number of hydrogen-bond acceptors (Lipinski definition) is 6. The van der Waals surface area contributed by atoms with Gasteiger partial charge in [0.2, 0.25) is 11.7 Å². The summed E-state index contributed by atoms with van der Waals surface area (Å²) in [4.78, 5) is 28.4. The normalized spacial score (nSPS) is 18.1. The van der Waals surface area contributed by atoms with Crippen LogP contribution < -0.4 is 10.6 Å². The average Bonchev–Trinajstić information content (AvgIpc) is 3.31. The number of nitrogens with one attached hydrogen (secondary N) is 2. The summed E-state index contributed by atoms with van der Waals surface area (Å²) in [7, 11) is 1.43. The molecule has 0 unspecified atom stereocenters. The van der Waals surface area contributed by atoms with E-state index >= 15 is 0 Å². The van der Waals surface area contributed by atoms with Crippen molar-refractivity contribution in [2.75, 3.05) is 17.7 Å². The van der Waals surface area contributed by atoms with Gasteiger partial charge in [-0.2, -0.15) is 4.98 Å². The fraction of sp³-hybridized carbons (Fsp3) is 0.333. The third-order valence-electron chi connectivity index (χ3n) is 5.76. The van der Waals surface area contributed by atoms with Crippen LogP contribution in [0.3, 0.4) is 0 Å². The summed E-state index contributed by atoms with van der Waals surface area (Å²) in [5.74, 6) is 1.08. The highest BCUT2D eigenvalue weighted by Crippen LogP contribution is 2.36. The van der Waals surface area contributed by atoms with Gasteiger partial charge in [0.05, 0.1) is 13.0 Å². The highest BCUT2D eigenvalue weighted by molar-refractivity contribution is 5.99. The van der Waals surface area contributed by atoms with Gasteiger partial charge in [-0.25, -0.2) is 4.79 Å². The maximum absolute atomic E-state index is 12.2. The molecule has 8 heteroatoms. The van der Waals surface area contributed by atoms with Gasteiger partial charge >= 0.3 is 12.0 Å². The van der Waals surface area contributed by atoms with Gasteiger partial charge in [-0.05, 0) is 69.0 Å². The van der Waals surface area contributed by atoms with Crippen LogP contribution in [0.4, 0.5) is 16.2 Å². The Labute approximate surface area is 186 Å². The van der Waals surface area contributed by atoms with Crippen molar-refractivity contribution in [3.63, 3.8) is 0 Å². The molecule has 166 valence electrons. The van der Waals surface area contributed by atoms with E-state index in [9.17, 15) is 9.59 Å². The lowest BCUT2D eigenvalue weighted by Gasteiger charge is -2.24. The predicted octanol–water partition coefficient (Wildman–Crippen LogP) is 5.14. The van der Waals surface area contributed by atoms with Gasteiger partial charge < -0.3 is 19.9 Å². The maximum Gasteiger partial charge on any atom is 0.323 e. The van der Waals surface area contributed by atoms with E-state index < -0.39 is 0 Å². The Balaban J connectivity index is 1.33. The molecule has 1 aliphatic carbocycles. The molecule has 0 saturated heterocycles. The van der Waals surface area contributed by atoms with Crippen molar-refractivity contribution >= 4 is 23.4 Å². The minimum Gasteiger partial charge on any atom is -0.469 e. The largest absolute Gasteiger partial charge is 0.469 e. The Morgan fingerprint density at radius 1 is 0.938 bits per heavy atom. The van der Waals surface area contributed by atoms with Crippen molar-refractivity contribution in [3.8, 4) is 11.4 Å². The van der Waals surface area contributed by atoms with Gasteiger partial charge in [0.15, 0.2) is 0 Å². The van der Waals surface area contributed by atoms with Crippen LogP contribution in [-0.2, 0) is 9.53 Å². The molecule has 0 atom stereocenters. The standard InChI is InChI=1S/C24H26N4O4/c1-15-3-11-19(12-4-15)25-24(30)26-20-13-9-16(10-14-20)21-27-22(32-28-21)17-5-7-18(8-6-17)23(29)31-2/h3-4,9-14,17-18H,5-8H2,1-2H3,(H2,25,26,30). The number of aromatic nitrogens is 2. The molecule has 0 spiro atoms. The Bertz CT molecular complexity index is 1070. The first-order valence-corrected chi connectivity index (χ1v) is 10.7. The number of hydrogen-bond donors (Lipinski definition) is 2. The van der Waals surface area contributed by atoms with Crippen molar-refractivity contribution in [1.82, 2.24) is 10.1 Å². The van der Waals surface area contributed by atoms with Crippen LogP contribution in [0, 0.1) is 12.8 Å². The van der Waals surface area contributed by atoms with Crippen LogP contribution in [0.25, 0.3) is 11.4 Å². The number of aryl methyl sites for hydroxylation is 1. The fourth-order valence-corrected chi connectivity index (χ4v) is 3.89. The molecule has 2 aromatic carbocycles. The van der Waals surface area contributed by atoms with E-state index in [1.54, 1.807) is 12.1 Å². The first kappa shape index (κ1) is 21.5. The van der Waals surface area contributed by atoms with E-state index in [0.717, 1.165) is 42.5 Å². The predicted molar refractivity (Wildman–Crippen MR) is 120 cm³/mol. The molecule has 2 amide bonds. The van der Waals surface area contributed by atoms with Crippen molar-refractivity contribution in [1.29, 1.82) is 0 Å². The summed E-state index contributed by atoms with van der Waals surface area (Å²) >= 11 is 0. The second kappa shape index (κ2) is 9.64. The summed E-state index contributed by atoms with van der Waals surface area (Å²) in [6.07, 6.45) is 3.17. The van der Waals surface area contributed by atoms with Gasteiger partial charge in [0.25, 0.3) is 0 Å².